The Morgan fingerprint density at radius 1 is 1.73 bits per heavy atom. The Hall–Kier alpha value is -1.40. The Morgan fingerprint density at radius 2 is 2.45 bits per heavy atom. The Bertz CT molecular complexity index is 301. The van der Waals surface area contributed by atoms with Crippen molar-refractivity contribution in [2.45, 2.75) is 13.5 Å². The van der Waals surface area contributed by atoms with E-state index in [1.807, 2.05) is 6.07 Å². The van der Waals surface area contributed by atoms with Gasteiger partial charge in [0.1, 0.15) is 11.8 Å². The highest BCUT2D eigenvalue weighted by Gasteiger charge is 2.01. The molecular weight excluding hydrogens is 140 g/mol. The molecule has 0 spiro atoms. The highest BCUT2D eigenvalue weighted by atomic mass is 16.3. The van der Waals surface area contributed by atoms with Gasteiger partial charge in [-0.15, -0.1) is 0 Å². The van der Waals surface area contributed by atoms with Gasteiger partial charge in [-0.1, -0.05) is 0 Å². The molecule has 0 fully saturated rings. The van der Waals surface area contributed by atoms with Crippen LogP contribution in [0.1, 0.15) is 16.8 Å². The number of aromatic nitrogens is 1. The maximum Gasteiger partial charge on any atom is 0.143 e. The third-order valence-corrected chi connectivity index (χ3v) is 1.59. The summed E-state index contributed by atoms with van der Waals surface area (Å²) in [6.45, 7) is 1.74. The van der Waals surface area contributed by atoms with Crippen molar-refractivity contribution in [2.75, 3.05) is 0 Å². The minimum Gasteiger partial charge on any atom is -0.392 e. The minimum absolute atomic E-state index is 0.0387. The van der Waals surface area contributed by atoms with Gasteiger partial charge in [-0.2, -0.15) is 5.26 Å². The second-order valence-corrected chi connectivity index (χ2v) is 2.21. The molecule has 11 heavy (non-hydrogen) atoms. The third-order valence-electron chi connectivity index (χ3n) is 1.59. The second-order valence-electron chi connectivity index (χ2n) is 2.21. The first kappa shape index (κ1) is 7.70. The van der Waals surface area contributed by atoms with E-state index in [1.54, 1.807) is 13.0 Å². The van der Waals surface area contributed by atoms with Gasteiger partial charge >= 0.3 is 0 Å². The zero-order valence-electron chi connectivity index (χ0n) is 6.20. The van der Waals surface area contributed by atoms with Crippen LogP contribution in [0.15, 0.2) is 12.3 Å². The molecule has 0 unspecified atom stereocenters. The van der Waals surface area contributed by atoms with Crippen molar-refractivity contribution in [3.05, 3.63) is 29.1 Å². The van der Waals surface area contributed by atoms with Gasteiger partial charge in [0.15, 0.2) is 0 Å². The third kappa shape index (κ3) is 1.36. The summed E-state index contributed by atoms with van der Waals surface area (Å²) in [5.74, 6) is 0. The van der Waals surface area contributed by atoms with Crippen LogP contribution in [0, 0.1) is 18.3 Å². The van der Waals surface area contributed by atoms with Crippen LogP contribution in [-0.4, -0.2) is 10.1 Å². The van der Waals surface area contributed by atoms with Gasteiger partial charge in [-0.25, -0.2) is 4.98 Å². The number of aliphatic hydroxyl groups is 1. The smallest absolute Gasteiger partial charge is 0.143 e. The number of rotatable bonds is 1. The summed E-state index contributed by atoms with van der Waals surface area (Å²) in [5, 5.41) is 17.3. The lowest BCUT2D eigenvalue weighted by atomic mass is 10.1. The summed E-state index contributed by atoms with van der Waals surface area (Å²) in [4.78, 5) is 3.83. The van der Waals surface area contributed by atoms with E-state index < -0.39 is 0 Å². The zero-order valence-corrected chi connectivity index (χ0v) is 6.20. The summed E-state index contributed by atoms with van der Waals surface area (Å²) in [7, 11) is 0. The summed E-state index contributed by atoms with van der Waals surface area (Å²) in [6, 6.07) is 3.65. The first-order valence-electron chi connectivity index (χ1n) is 3.25. The van der Waals surface area contributed by atoms with E-state index in [0.717, 1.165) is 11.1 Å². The van der Waals surface area contributed by atoms with E-state index in [0.29, 0.717) is 5.69 Å². The van der Waals surface area contributed by atoms with Gasteiger partial charge in [0.05, 0.1) is 6.61 Å². The molecule has 0 saturated heterocycles. The lowest BCUT2D eigenvalue weighted by Gasteiger charge is -2.00. The van der Waals surface area contributed by atoms with Gasteiger partial charge in [0, 0.05) is 6.20 Å². The first-order chi connectivity index (χ1) is 5.29. The second kappa shape index (κ2) is 3.13. The molecule has 0 bridgehead atoms. The number of nitriles is 1. The monoisotopic (exact) mass is 148 g/mol. The van der Waals surface area contributed by atoms with Crippen molar-refractivity contribution < 1.29 is 5.11 Å². The molecule has 3 nitrogen and oxygen atoms in total. The van der Waals surface area contributed by atoms with Crippen molar-refractivity contribution in [1.82, 2.24) is 4.98 Å². The van der Waals surface area contributed by atoms with Crippen molar-refractivity contribution >= 4 is 0 Å². The molecule has 0 aliphatic heterocycles. The van der Waals surface area contributed by atoms with E-state index in [-0.39, 0.29) is 6.61 Å². The molecule has 0 saturated carbocycles. The summed E-state index contributed by atoms with van der Waals surface area (Å²) >= 11 is 0. The molecule has 56 valence electrons. The van der Waals surface area contributed by atoms with E-state index in [2.05, 4.69) is 4.98 Å². The molecule has 0 aromatic carbocycles. The first-order valence-corrected chi connectivity index (χ1v) is 3.25. The molecule has 3 heteroatoms. The SMILES string of the molecule is Cc1c(CO)ccnc1C#N. The molecule has 1 aromatic rings. The fourth-order valence-corrected chi connectivity index (χ4v) is 0.860. The van der Waals surface area contributed by atoms with Crippen LogP contribution in [0.5, 0.6) is 0 Å². The molecule has 1 N–H and O–H groups in total. The van der Waals surface area contributed by atoms with Crippen molar-refractivity contribution in [3.8, 4) is 6.07 Å². The van der Waals surface area contributed by atoms with E-state index in [4.69, 9.17) is 10.4 Å². The molecular formula is C8H8N2O. The maximum absolute atomic E-state index is 8.80. The number of nitrogens with zero attached hydrogens (tertiary/aromatic N) is 2. The summed E-state index contributed by atoms with van der Waals surface area (Å²) in [5.41, 5.74) is 1.91. The number of hydrogen-bond acceptors (Lipinski definition) is 3. The fraction of sp³-hybridized carbons (Fsp3) is 0.250. The Kier molecular flexibility index (Phi) is 2.19. The highest BCUT2D eigenvalue weighted by Crippen LogP contribution is 2.09. The number of aliphatic hydroxyl groups excluding tert-OH is 1. The average Bonchev–Trinajstić information content (AvgIpc) is 2.05. The van der Waals surface area contributed by atoms with Crippen LogP contribution < -0.4 is 0 Å². The largest absolute Gasteiger partial charge is 0.392 e. The number of hydrogen-bond donors (Lipinski definition) is 1. The van der Waals surface area contributed by atoms with Gasteiger partial charge in [0.2, 0.25) is 0 Å². The van der Waals surface area contributed by atoms with Crippen LogP contribution in [-0.2, 0) is 6.61 Å². The predicted molar refractivity (Wildman–Crippen MR) is 39.6 cm³/mol. The standard InChI is InChI=1S/C8H8N2O/c1-6-7(5-11)2-3-10-8(6)4-9/h2-3,11H,5H2,1H3. The van der Waals surface area contributed by atoms with E-state index >= 15 is 0 Å². The van der Waals surface area contributed by atoms with Crippen molar-refractivity contribution in [1.29, 1.82) is 5.26 Å². The Labute approximate surface area is 64.9 Å². The van der Waals surface area contributed by atoms with Crippen LogP contribution in [0.2, 0.25) is 0 Å². The van der Waals surface area contributed by atoms with Crippen LogP contribution in [0.3, 0.4) is 0 Å². The molecule has 1 aromatic heterocycles. The molecule has 0 aliphatic rings. The molecule has 1 rings (SSSR count). The molecule has 0 atom stereocenters. The topological polar surface area (TPSA) is 56.9 Å². The summed E-state index contributed by atoms with van der Waals surface area (Å²) < 4.78 is 0. The Balaban J connectivity index is 3.23. The maximum atomic E-state index is 8.80. The average molecular weight is 148 g/mol. The van der Waals surface area contributed by atoms with Crippen LogP contribution in [0.4, 0.5) is 0 Å². The minimum atomic E-state index is -0.0387. The van der Waals surface area contributed by atoms with Gasteiger partial charge in [0.25, 0.3) is 0 Å². The number of pyridine rings is 1. The van der Waals surface area contributed by atoms with Crippen LogP contribution >= 0.6 is 0 Å². The predicted octanol–water partition coefficient (Wildman–Crippen LogP) is 0.754. The van der Waals surface area contributed by atoms with Gasteiger partial charge in [-0.3, -0.25) is 0 Å². The Morgan fingerprint density at radius 3 is 3.00 bits per heavy atom. The molecule has 0 radical (unpaired) electrons. The normalized spacial score (nSPS) is 9.18. The van der Waals surface area contributed by atoms with E-state index in [1.165, 1.54) is 6.20 Å². The molecule has 0 amide bonds. The highest BCUT2D eigenvalue weighted by molar-refractivity contribution is 5.35. The molecule has 1 heterocycles. The molecule has 0 aliphatic carbocycles. The van der Waals surface area contributed by atoms with Gasteiger partial charge in [-0.05, 0) is 24.1 Å². The van der Waals surface area contributed by atoms with Crippen molar-refractivity contribution in [2.24, 2.45) is 0 Å². The van der Waals surface area contributed by atoms with Crippen molar-refractivity contribution in [3.63, 3.8) is 0 Å². The fourth-order valence-electron chi connectivity index (χ4n) is 0.860. The van der Waals surface area contributed by atoms with E-state index in [9.17, 15) is 0 Å². The lowest BCUT2D eigenvalue weighted by molar-refractivity contribution is 0.281. The lowest BCUT2D eigenvalue weighted by Crippen LogP contribution is -1.94. The zero-order chi connectivity index (χ0) is 8.27. The quantitative estimate of drug-likeness (QED) is 0.639. The van der Waals surface area contributed by atoms with Gasteiger partial charge < -0.3 is 5.11 Å². The summed E-state index contributed by atoms with van der Waals surface area (Å²) in [6.07, 6.45) is 1.52. The van der Waals surface area contributed by atoms with Crippen LogP contribution in [0.25, 0.3) is 0 Å².